The molecule has 1 amide bonds. The molecule has 5 heteroatoms. The summed E-state index contributed by atoms with van der Waals surface area (Å²) >= 11 is 0. The highest BCUT2D eigenvalue weighted by molar-refractivity contribution is 5.82. The highest BCUT2D eigenvalue weighted by Gasteiger charge is 2.35. The van der Waals surface area contributed by atoms with E-state index >= 15 is 0 Å². The number of carbonyl (C=O) groups excluding carboxylic acids is 1. The SMILES string of the molecule is COc1ccc(CNC(=O)C2(C)CCNC2)cc1OC. The first-order chi connectivity index (χ1) is 9.59. The molecule has 1 aliphatic rings. The predicted octanol–water partition coefficient (Wildman–Crippen LogP) is 1.32. The fraction of sp³-hybridized carbons (Fsp3) is 0.533. The molecular weight excluding hydrogens is 256 g/mol. The Labute approximate surface area is 119 Å². The molecule has 20 heavy (non-hydrogen) atoms. The van der Waals surface area contributed by atoms with Gasteiger partial charge in [-0.25, -0.2) is 0 Å². The van der Waals surface area contributed by atoms with Gasteiger partial charge < -0.3 is 20.1 Å². The van der Waals surface area contributed by atoms with Gasteiger partial charge in [0.15, 0.2) is 11.5 Å². The van der Waals surface area contributed by atoms with Crippen LogP contribution in [0.1, 0.15) is 18.9 Å². The fourth-order valence-electron chi connectivity index (χ4n) is 2.40. The van der Waals surface area contributed by atoms with Crippen molar-refractivity contribution in [3.05, 3.63) is 23.8 Å². The Morgan fingerprint density at radius 2 is 2.10 bits per heavy atom. The monoisotopic (exact) mass is 278 g/mol. The average molecular weight is 278 g/mol. The number of hydrogen-bond donors (Lipinski definition) is 2. The van der Waals surface area contributed by atoms with Crippen molar-refractivity contribution in [2.75, 3.05) is 27.3 Å². The first-order valence-corrected chi connectivity index (χ1v) is 6.79. The third-order valence-corrected chi connectivity index (χ3v) is 3.82. The van der Waals surface area contributed by atoms with Gasteiger partial charge in [-0.05, 0) is 37.6 Å². The van der Waals surface area contributed by atoms with Gasteiger partial charge in [-0.1, -0.05) is 6.07 Å². The van der Waals surface area contributed by atoms with Crippen molar-refractivity contribution in [3.8, 4) is 11.5 Å². The molecule has 1 saturated heterocycles. The molecular formula is C15H22N2O3. The summed E-state index contributed by atoms with van der Waals surface area (Å²) in [5.41, 5.74) is 0.696. The van der Waals surface area contributed by atoms with Gasteiger partial charge in [0.1, 0.15) is 0 Å². The lowest BCUT2D eigenvalue weighted by molar-refractivity contribution is -0.129. The van der Waals surface area contributed by atoms with Crippen LogP contribution >= 0.6 is 0 Å². The third-order valence-electron chi connectivity index (χ3n) is 3.82. The van der Waals surface area contributed by atoms with Gasteiger partial charge >= 0.3 is 0 Å². The summed E-state index contributed by atoms with van der Waals surface area (Å²) in [7, 11) is 3.21. The van der Waals surface area contributed by atoms with Crippen LogP contribution in [0.25, 0.3) is 0 Å². The van der Waals surface area contributed by atoms with Crippen LogP contribution in [0, 0.1) is 5.41 Å². The van der Waals surface area contributed by atoms with Crippen molar-refractivity contribution >= 4 is 5.91 Å². The summed E-state index contributed by atoms with van der Waals surface area (Å²) < 4.78 is 10.4. The number of benzene rings is 1. The van der Waals surface area contributed by atoms with E-state index in [2.05, 4.69) is 10.6 Å². The maximum atomic E-state index is 12.2. The normalized spacial score (nSPS) is 21.6. The standard InChI is InChI=1S/C15H22N2O3/c1-15(6-7-16-10-15)14(18)17-9-11-4-5-12(19-2)13(8-11)20-3/h4-5,8,16H,6-7,9-10H2,1-3H3,(H,17,18). The van der Waals surface area contributed by atoms with Gasteiger partial charge in [0, 0.05) is 13.1 Å². The zero-order valence-electron chi connectivity index (χ0n) is 12.3. The average Bonchev–Trinajstić information content (AvgIpc) is 2.92. The smallest absolute Gasteiger partial charge is 0.227 e. The second-order valence-corrected chi connectivity index (χ2v) is 5.36. The van der Waals surface area contributed by atoms with Crippen LogP contribution in [-0.4, -0.2) is 33.2 Å². The second kappa shape index (κ2) is 6.13. The molecule has 110 valence electrons. The molecule has 1 aromatic carbocycles. The van der Waals surface area contributed by atoms with Crippen LogP contribution < -0.4 is 20.1 Å². The Hall–Kier alpha value is -1.75. The minimum Gasteiger partial charge on any atom is -0.493 e. The summed E-state index contributed by atoms with van der Waals surface area (Å²) in [6.07, 6.45) is 0.880. The van der Waals surface area contributed by atoms with E-state index in [4.69, 9.17) is 9.47 Å². The zero-order chi connectivity index (χ0) is 14.6. The molecule has 1 fully saturated rings. The van der Waals surface area contributed by atoms with Gasteiger partial charge in [-0.2, -0.15) is 0 Å². The molecule has 0 aromatic heterocycles. The molecule has 0 aliphatic carbocycles. The van der Waals surface area contributed by atoms with E-state index in [-0.39, 0.29) is 11.3 Å². The number of carbonyl (C=O) groups is 1. The highest BCUT2D eigenvalue weighted by Crippen LogP contribution is 2.28. The molecule has 0 bridgehead atoms. The number of nitrogens with one attached hydrogen (secondary N) is 2. The van der Waals surface area contributed by atoms with Crippen LogP contribution in [-0.2, 0) is 11.3 Å². The molecule has 0 saturated carbocycles. The zero-order valence-corrected chi connectivity index (χ0v) is 12.3. The van der Waals surface area contributed by atoms with Crippen molar-refractivity contribution in [2.24, 2.45) is 5.41 Å². The molecule has 2 N–H and O–H groups in total. The lowest BCUT2D eigenvalue weighted by Gasteiger charge is -2.21. The molecule has 0 radical (unpaired) electrons. The first-order valence-electron chi connectivity index (χ1n) is 6.79. The molecule has 5 nitrogen and oxygen atoms in total. The summed E-state index contributed by atoms with van der Waals surface area (Å²) in [4.78, 5) is 12.2. The largest absolute Gasteiger partial charge is 0.493 e. The summed E-state index contributed by atoms with van der Waals surface area (Å²) in [5.74, 6) is 1.46. The van der Waals surface area contributed by atoms with Gasteiger partial charge in [0.2, 0.25) is 5.91 Å². The Balaban J connectivity index is 1.98. The van der Waals surface area contributed by atoms with Crippen molar-refractivity contribution < 1.29 is 14.3 Å². The van der Waals surface area contributed by atoms with Crippen molar-refractivity contribution in [3.63, 3.8) is 0 Å². The number of hydrogen-bond acceptors (Lipinski definition) is 4. The van der Waals surface area contributed by atoms with E-state index in [1.165, 1.54) is 0 Å². The highest BCUT2D eigenvalue weighted by atomic mass is 16.5. The van der Waals surface area contributed by atoms with Crippen molar-refractivity contribution in [1.82, 2.24) is 10.6 Å². The van der Waals surface area contributed by atoms with Gasteiger partial charge in [0.25, 0.3) is 0 Å². The van der Waals surface area contributed by atoms with Gasteiger partial charge in [-0.3, -0.25) is 4.79 Å². The molecule has 0 spiro atoms. The summed E-state index contributed by atoms with van der Waals surface area (Å²) in [5, 5.41) is 6.22. The van der Waals surface area contributed by atoms with E-state index in [9.17, 15) is 4.79 Å². The van der Waals surface area contributed by atoms with Crippen molar-refractivity contribution in [1.29, 1.82) is 0 Å². The third kappa shape index (κ3) is 3.04. The number of rotatable bonds is 5. The molecule has 1 atom stereocenters. The van der Waals surface area contributed by atoms with E-state index in [1.54, 1.807) is 14.2 Å². The Kier molecular flexibility index (Phi) is 4.49. The Bertz CT molecular complexity index is 482. The lowest BCUT2D eigenvalue weighted by Crippen LogP contribution is -2.40. The van der Waals surface area contributed by atoms with E-state index < -0.39 is 0 Å². The molecule has 1 aliphatic heterocycles. The van der Waals surface area contributed by atoms with Crippen LogP contribution in [0.3, 0.4) is 0 Å². The van der Waals surface area contributed by atoms with Gasteiger partial charge in [-0.15, -0.1) is 0 Å². The fourth-order valence-corrected chi connectivity index (χ4v) is 2.40. The maximum Gasteiger partial charge on any atom is 0.227 e. The van der Waals surface area contributed by atoms with Crippen LogP contribution in [0.2, 0.25) is 0 Å². The van der Waals surface area contributed by atoms with Crippen LogP contribution in [0.5, 0.6) is 11.5 Å². The molecule has 2 rings (SSSR count). The Morgan fingerprint density at radius 1 is 1.35 bits per heavy atom. The van der Waals surface area contributed by atoms with Crippen molar-refractivity contribution in [2.45, 2.75) is 19.9 Å². The summed E-state index contributed by atoms with van der Waals surface area (Å²) in [6.45, 7) is 4.14. The van der Waals surface area contributed by atoms with E-state index in [0.29, 0.717) is 18.0 Å². The maximum absolute atomic E-state index is 12.2. The second-order valence-electron chi connectivity index (χ2n) is 5.36. The number of ether oxygens (including phenoxy) is 2. The topological polar surface area (TPSA) is 59.6 Å². The minimum atomic E-state index is -0.295. The predicted molar refractivity (Wildman–Crippen MR) is 77.0 cm³/mol. The number of methoxy groups -OCH3 is 2. The minimum absolute atomic E-state index is 0.0947. The molecule has 1 heterocycles. The van der Waals surface area contributed by atoms with Gasteiger partial charge in [0.05, 0.1) is 19.6 Å². The van der Waals surface area contributed by atoms with Crippen LogP contribution in [0.4, 0.5) is 0 Å². The number of amides is 1. The van der Waals surface area contributed by atoms with E-state index in [1.807, 2.05) is 25.1 Å². The van der Waals surface area contributed by atoms with Crippen LogP contribution in [0.15, 0.2) is 18.2 Å². The quantitative estimate of drug-likeness (QED) is 0.853. The molecule has 1 unspecified atom stereocenters. The molecule has 1 aromatic rings. The summed E-state index contributed by atoms with van der Waals surface area (Å²) in [6, 6.07) is 5.66. The first kappa shape index (κ1) is 14.7. The Morgan fingerprint density at radius 3 is 2.70 bits per heavy atom. The van der Waals surface area contributed by atoms with E-state index in [0.717, 1.165) is 25.1 Å². The lowest BCUT2D eigenvalue weighted by atomic mass is 9.89.